The summed E-state index contributed by atoms with van der Waals surface area (Å²) in [6, 6.07) is 6.20. The Hall–Kier alpha value is -1.95. The minimum absolute atomic E-state index is 0.106. The zero-order valence-corrected chi connectivity index (χ0v) is 13.3. The van der Waals surface area contributed by atoms with E-state index in [-0.39, 0.29) is 22.3 Å². The Bertz CT molecular complexity index is 795. The summed E-state index contributed by atoms with van der Waals surface area (Å²) < 4.78 is 30.0. The van der Waals surface area contributed by atoms with Crippen LogP contribution in [0.4, 0.5) is 0 Å². The second-order valence-corrected chi connectivity index (χ2v) is 7.71. The molecule has 1 aliphatic rings. The Morgan fingerprint density at radius 2 is 1.86 bits per heavy atom. The van der Waals surface area contributed by atoms with E-state index < -0.39 is 9.84 Å². The number of sulfone groups is 1. The zero-order valence-electron chi connectivity index (χ0n) is 12.5. The van der Waals surface area contributed by atoms with Crippen LogP contribution in [0, 0.1) is 19.8 Å². The lowest BCUT2D eigenvalue weighted by Crippen LogP contribution is -2.07. The van der Waals surface area contributed by atoms with Crippen LogP contribution in [0.25, 0.3) is 0 Å². The predicted octanol–water partition coefficient (Wildman–Crippen LogP) is 2.86. The molecule has 1 fully saturated rings. The molecule has 0 spiro atoms. The van der Waals surface area contributed by atoms with E-state index in [4.69, 9.17) is 4.52 Å². The highest BCUT2D eigenvalue weighted by Gasteiger charge is 2.30. The van der Waals surface area contributed by atoms with Gasteiger partial charge in [-0.15, -0.1) is 0 Å². The summed E-state index contributed by atoms with van der Waals surface area (Å²) >= 11 is 0. The van der Waals surface area contributed by atoms with Crippen LogP contribution in [0.2, 0.25) is 0 Å². The van der Waals surface area contributed by atoms with Gasteiger partial charge >= 0.3 is 0 Å². The highest BCUT2D eigenvalue weighted by atomic mass is 32.2. The van der Waals surface area contributed by atoms with Crippen molar-refractivity contribution in [1.29, 1.82) is 0 Å². The van der Waals surface area contributed by atoms with Gasteiger partial charge in [-0.25, -0.2) is 8.42 Å². The number of benzene rings is 1. The summed E-state index contributed by atoms with van der Waals surface area (Å²) in [6.07, 6.45) is 1.87. The topological polar surface area (TPSA) is 77.2 Å². The van der Waals surface area contributed by atoms with Crippen LogP contribution in [0.1, 0.15) is 40.2 Å². The number of hydrogen-bond acceptors (Lipinski definition) is 5. The van der Waals surface area contributed by atoms with Gasteiger partial charge in [-0.3, -0.25) is 4.79 Å². The molecule has 0 amide bonds. The quantitative estimate of drug-likeness (QED) is 0.792. The maximum Gasteiger partial charge on any atom is 0.182 e. The summed E-state index contributed by atoms with van der Waals surface area (Å²) in [5.74, 6) is 0.602. The molecule has 1 aliphatic carbocycles. The van der Waals surface area contributed by atoms with E-state index in [1.54, 1.807) is 26.0 Å². The molecule has 22 heavy (non-hydrogen) atoms. The molecule has 0 radical (unpaired) electrons. The van der Waals surface area contributed by atoms with E-state index in [0.717, 1.165) is 12.8 Å². The molecule has 1 heterocycles. The number of nitrogens with zero attached hydrogens (tertiary/aromatic N) is 1. The van der Waals surface area contributed by atoms with Gasteiger partial charge in [-0.1, -0.05) is 17.3 Å². The van der Waals surface area contributed by atoms with Crippen molar-refractivity contribution in [3.05, 3.63) is 46.8 Å². The van der Waals surface area contributed by atoms with Gasteiger partial charge in [-0.05, 0) is 38.8 Å². The maximum atomic E-state index is 12.5. The lowest BCUT2D eigenvalue weighted by Gasteiger charge is -2.05. The van der Waals surface area contributed by atoms with Gasteiger partial charge in [0.25, 0.3) is 0 Å². The fraction of sp³-hybridized carbons (Fsp3) is 0.375. The first-order valence-electron chi connectivity index (χ1n) is 7.17. The van der Waals surface area contributed by atoms with Gasteiger partial charge in [0.05, 0.1) is 16.3 Å². The molecule has 1 saturated carbocycles. The first-order chi connectivity index (χ1) is 10.4. The monoisotopic (exact) mass is 319 g/mol. The van der Waals surface area contributed by atoms with Crippen LogP contribution < -0.4 is 0 Å². The zero-order chi connectivity index (χ0) is 15.9. The van der Waals surface area contributed by atoms with Crippen molar-refractivity contribution in [3.8, 4) is 0 Å². The number of carbonyl (C=O) groups is 1. The maximum absolute atomic E-state index is 12.5. The SMILES string of the molecule is Cc1noc(C)c1CS(=O)(=O)c1ccc(C(=O)C2CC2)cc1. The van der Waals surface area contributed by atoms with Crippen LogP contribution in [0.5, 0.6) is 0 Å². The molecule has 0 bridgehead atoms. The third kappa shape index (κ3) is 2.83. The van der Waals surface area contributed by atoms with E-state index in [2.05, 4.69) is 5.16 Å². The first-order valence-corrected chi connectivity index (χ1v) is 8.82. The lowest BCUT2D eigenvalue weighted by atomic mass is 10.1. The van der Waals surface area contributed by atoms with Crippen molar-refractivity contribution in [2.24, 2.45) is 5.92 Å². The first kappa shape index (κ1) is 15.0. The number of ketones is 1. The van der Waals surface area contributed by atoms with Crippen molar-refractivity contribution in [2.45, 2.75) is 37.3 Å². The summed E-state index contributed by atoms with van der Waals surface area (Å²) in [5.41, 5.74) is 1.76. The third-order valence-electron chi connectivity index (χ3n) is 3.96. The Labute approximate surface area is 129 Å². The van der Waals surface area contributed by atoms with Gasteiger partial charge < -0.3 is 4.52 Å². The van der Waals surface area contributed by atoms with Crippen molar-refractivity contribution in [3.63, 3.8) is 0 Å². The normalized spacial score (nSPS) is 15.0. The lowest BCUT2D eigenvalue weighted by molar-refractivity contribution is 0.0967. The molecule has 2 aromatic rings. The van der Waals surface area contributed by atoms with Gasteiger partial charge in [0.15, 0.2) is 15.6 Å². The van der Waals surface area contributed by atoms with Gasteiger partial charge in [-0.2, -0.15) is 0 Å². The van der Waals surface area contributed by atoms with E-state index in [0.29, 0.717) is 22.6 Å². The molecule has 116 valence electrons. The smallest absolute Gasteiger partial charge is 0.182 e. The summed E-state index contributed by atoms with van der Waals surface area (Å²) in [7, 11) is -3.49. The molecule has 0 saturated heterocycles. The second kappa shape index (κ2) is 5.35. The summed E-state index contributed by atoms with van der Waals surface area (Å²) in [6.45, 7) is 3.42. The molecule has 6 heteroatoms. The average molecular weight is 319 g/mol. The Morgan fingerprint density at radius 1 is 1.23 bits per heavy atom. The van der Waals surface area contributed by atoms with E-state index in [1.165, 1.54) is 12.1 Å². The van der Waals surface area contributed by atoms with Crippen molar-refractivity contribution in [2.75, 3.05) is 0 Å². The van der Waals surface area contributed by atoms with Crippen LogP contribution >= 0.6 is 0 Å². The molecule has 0 aliphatic heterocycles. The van der Waals surface area contributed by atoms with Crippen molar-refractivity contribution in [1.82, 2.24) is 5.16 Å². The molecular formula is C16H17NO4S. The minimum atomic E-state index is -3.49. The third-order valence-corrected chi connectivity index (χ3v) is 5.62. The molecule has 5 nitrogen and oxygen atoms in total. The van der Waals surface area contributed by atoms with Gasteiger partial charge in [0, 0.05) is 17.0 Å². The molecule has 1 aromatic heterocycles. The van der Waals surface area contributed by atoms with Gasteiger partial charge in [0.1, 0.15) is 5.76 Å². The standard InChI is InChI=1S/C16H17NO4S/c1-10-15(11(2)21-17-10)9-22(19,20)14-7-5-13(6-8-14)16(18)12-3-4-12/h5-8,12H,3-4,9H2,1-2H3. The van der Waals surface area contributed by atoms with Gasteiger partial charge in [0.2, 0.25) is 0 Å². The van der Waals surface area contributed by atoms with Crippen molar-refractivity contribution >= 4 is 15.6 Å². The summed E-state index contributed by atoms with van der Waals surface area (Å²) in [4.78, 5) is 12.2. The Kier molecular flexibility index (Phi) is 3.64. The predicted molar refractivity (Wildman–Crippen MR) is 80.4 cm³/mol. The largest absolute Gasteiger partial charge is 0.361 e. The van der Waals surface area contributed by atoms with Crippen LogP contribution in [-0.4, -0.2) is 19.4 Å². The highest BCUT2D eigenvalue weighted by molar-refractivity contribution is 7.90. The molecule has 0 unspecified atom stereocenters. The van der Waals surface area contributed by atoms with E-state index in [9.17, 15) is 13.2 Å². The van der Waals surface area contributed by atoms with Crippen LogP contribution in [-0.2, 0) is 15.6 Å². The van der Waals surface area contributed by atoms with Crippen LogP contribution in [0.15, 0.2) is 33.7 Å². The second-order valence-electron chi connectivity index (χ2n) is 5.72. The minimum Gasteiger partial charge on any atom is -0.361 e. The number of Topliss-reactive ketones (excluding diaryl/α,β-unsaturated/α-hetero) is 1. The molecular weight excluding hydrogens is 302 g/mol. The number of carbonyl (C=O) groups excluding carboxylic acids is 1. The number of hydrogen-bond donors (Lipinski definition) is 0. The average Bonchev–Trinajstić information content (AvgIpc) is 3.30. The number of aromatic nitrogens is 1. The fourth-order valence-electron chi connectivity index (χ4n) is 2.39. The molecule has 1 aromatic carbocycles. The number of rotatable bonds is 5. The van der Waals surface area contributed by atoms with Crippen LogP contribution in [0.3, 0.4) is 0 Å². The van der Waals surface area contributed by atoms with E-state index >= 15 is 0 Å². The Morgan fingerprint density at radius 3 is 2.36 bits per heavy atom. The molecule has 3 rings (SSSR count). The Balaban J connectivity index is 1.84. The number of aryl methyl sites for hydroxylation is 2. The fourth-order valence-corrected chi connectivity index (χ4v) is 3.90. The molecule has 0 N–H and O–H groups in total. The highest BCUT2D eigenvalue weighted by Crippen LogP contribution is 2.33. The molecule has 0 atom stereocenters. The summed E-state index contributed by atoms with van der Waals surface area (Å²) in [5, 5.41) is 3.77. The van der Waals surface area contributed by atoms with E-state index in [1.807, 2.05) is 0 Å². The van der Waals surface area contributed by atoms with Crippen molar-refractivity contribution < 1.29 is 17.7 Å².